The van der Waals surface area contributed by atoms with Gasteiger partial charge in [0, 0.05) is 12.8 Å². The number of phenolic OH excluding ortho intramolecular Hbond substituents is 1. The van der Waals surface area contributed by atoms with Gasteiger partial charge in [0.05, 0.1) is 18.9 Å². The largest absolute Gasteiger partial charge is 0.508 e. The summed E-state index contributed by atoms with van der Waals surface area (Å²) in [6, 6.07) is -0.436. The van der Waals surface area contributed by atoms with Crippen molar-refractivity contribution in [3.8, 4) is 5.75 Å². The third-order valence-electron chi connectivity index (χ3n) is 5.11. The number of nitrogens with one attached hydrogen (secondary N) is 3. The summed E-state index contributed by atoms with van der Waals surface area (Å²) in [4.78, 5) is 83.4. The van der Waals surface area contributed by atoms with Gasteiger partial charge in [-0.3, -0.25) is 28.8 Å². The summed E-state index contributed by atoms with van der Waals surface area (Å²) in [6.45, 7) is 0. The van der Waals surface area contributed by atoms with Gasteiger partial charge in [-0.25, -0.2) is 4.79 Å². The molecule has 13 N–H and O–H groups in total. The lowest BCUT2D eigenvalue weighted by atomic mass is 10.0. The first-order valence-electron chi connectivity index (χ1n) is 11.2. The Morgan fingerprint density at radius 1 is 0.711 bits per heavy atom. The molecule has 16 nitrogen and oxygen atoms in total. The molecule has 1 rings (SSSR count). The first kappa shape index (κ1) is 31.3. The number of carboxylic acids is 1. The minimum atomic E-state index is -1.75. The molecule has 208 valence electrons. The third kappa shape index (κ3) is 11.3. The van der Waals surface area contributed by atoms with E-state index in [-0.39, 0.29) is 25.0 Å². The molecule has 0 fully saturated rings. The van der Waals surface area contributed by atoms with E-state index >= 15 is 0 Å². The van der Waals surface area contributed by atoms with Gasteiger partial charge < -0.3 is 49.1 Å². The average Bonchev–Trinajstić information content (AvgIpc) is 2.81. The van der Waals surface area contributed by atoms with Crippen LogP contribution in [0.2, 0.25) is 0 Å². The van der Waals surface area contributed by atoms with Crippen LogP contribution in [0.4, 0.5) is 0 Å². The molecule has 0 aliphatic heterocycles. The van der Waals surface area contributed by atoms with Gasteiger partial charge in [-0.1, -0.05) is 12.1 Å². The van der Waals surface area contributed by atoms with Crippen LogP contribution in [0.25, 0.3) is 0 Å². The smallest absolute Gasteiger partial charge is 0.326 e. The van der Waals surface area contributed by atoms with Crippen molar-refractivity contribution >= 4 is 41.4 Å². The number of hydrogen-bond donors (Lipinski definition) is 9. The summed E-state index contributed by atoms with van der Waals surface area (Å²) in [6.07, 6.45) is -1.98. The van der Waals surface area contributed by atoms with Crippen LogP contribution in [-0.2, 0) is 40.0 Å². The van der Waals surface area contributed by atoms with Gasteiger partial charge >= 0.3 is 5.97 Å². The molecule has 0 bridgehead atoms. The third-order valence-corrected chi connectivity index (χ3v) is 5.11. The van der Waals surface area contributed by atoms with Gasteiger partial charge in [0.2, 0.25) is 35.4 Å². The van der Waals surface area contributed by atoms with Gasteiger partial charge in [0.1, 0.15) is 23.9 Å². The monoisotopic (exact) mass is 537 g/mol. The summed E-state index contributed by atoms with van der Waals surface area (Å²) in [5.41, 5.74) is 21.4. The molecule has 0 saturated carbocycles. The van der Waals surface area contributed by atoms with Gasteiger partial charge in [0.15, 0.2) is 0 Å². The zero-order valence-corrected chi connectivity index (χ0v) is 20.2. The van der Waals surface area contributed by atoms with Gasteiger partial charge in [-0.15, -0.1) is 0 Å². The molecule has 0 heterocycles. The van der Waals surface area contributed by atoms with Crippen molar-refractivity contribution in [2.75, 3.05) is 0 Å². The van der Waals surface area contributed by atoms with Gasteiger partial charge in [-0.2, -0.15) is 0 Å². The number of primary amides is 3. The highest BCUT2D eigenvalue weighted by molar-refractivity contribution is 5.97. The molecule has 4 unspecified atom stereocenters. The molecule has 16 heteroatoms. The number of rotatable bonds is 16. The normalized spacial score (nSPS) is 13.7. The fourth-order valence-corrected chi connectivity index (χ4v) is 3.14. The predicted octanol–water partition coefficient (Wildman–Crippen LogP) is -4.18. The van der Waals surface area contributed by atoms with Crippen LogP contribution in [0.15, 0.2) is 24.3 Å². The number of aliphatic carboxylic acids is 1. The number of amides is 6. The molecule has 6 amide bonds. The lowest BCUT2D eigenvalue weighted by Crippen LogP contribution is -2.58. The van der Waals surface area contributed by atoms with E-state index in [1.807, 2.05) is 5.32 Å². The van der Waals surface area contributed by atoms with E-state index < -0.39 is 78.4 Å². The molecule has 38 heavy (non-hydrogen) atoms. The van der Waals surface area contributed by atoms with E-state index in [0.29, 0.717) is 5.56 Å². The van der Waals surface area contributed by atoms with Crippen LogP contribution in [0.3, 0.4) is 0 Å². The SMILES string of the molecule is NC(=O)CCC(N)C(=O)NC(Cc1ccc(O)cc1)C(=O)NC(CC(N)=O)C(=O)NC(CC(N)=O)C(=O)O. The van der Waals surface area contributed by atoms with E-state index in [9.17, 15) is 43.8 Å². The summed E-state index contributed by atoms with van der Waals surface area (Å²) >= 11 is 0. The van der Waals surface area contributed by atoms with E-state index in [2.05, 4.69) is 10.6 Å². The molecular weight excluding hydrogens is 506 g/mol. The predicted molar refractivity (Wildman–Crippen MR) is 129 cm³/mol. The highest BCUT2D eigenvalue weighted by atomic mass is 16.4. The van der Waals surface area contributed by atoms with Crippen LogP contribution in [0.1, 0.15) is 31.2 Å². The van der Waals surface area contributed by atoms with Crippen LogP contribution >= 0.6 is 0 Å². The Balaban J connectivity index is 3.15. The Morgan fingerprint density at radius 3 is 1.68 bits per heavy atom. The van der Waals surface area contributed by atoms with Crippen LogP contribution < -0.4 is 38.9 Å². The summed E-state index contributed by atoms with van der Waals surface area (Å²) < 4.78 is 0. The first-order chi connectivity index (χ1) is 17.7. The van der Waals surface area contributed by atoms with Crippen molar-refractivity contribution in [1.82, 2.24) is 16.0 Å². The van der Waals surface area contributed by atoms with E-state index in [0.717, 1.165) is 0 Å². The fourth-order valence-electron chi connectivity index (χ4n) is 3.14. The molecule has 0 aliphatic rings. The Labute approximate surface area is 216 Å². The molecule has 1 aromatic rings. The maximum atomic E-state index is 13.1. The van der Waals surface area contributed by atoms with Gasteiger partial charge in [-0.05, 0) is 24.1 Å². The second-order valence-electron chi connectivity index (χ2n) is 8.34. The molecule has 0 aliphatic carbocycles. The molecule has 4 atom stereocenters. The Morgan fingerprint density at radius 2 is 1.18 bits per heavy atom. The number of carbonyl (C=O) groups excluding carboxylic acids is 6. The average molecular weight is 538 g/mol. The van der Waals surface area contributed by atoms with Crippen LogP contribution in [-0.4, -0.2) is 75.8 Å². The van der Waals surface area contributed by atoms with Crippen LogP contribution in [0.5, 0.6) is 5.75 Å². The minimum Gasteiger partial charge on any atom is -0.508 e. The molecule has 0 aromatic heterocycles. The number of hydrogen-bond acceptors (Lipinski definition) is 9. The summed E-state index contributed by atoms with van der Waals surface area (Å²) in [7, 11) is 0. The van der Waals surface area contributed by atoms with Crippen molar-refractivity contribution in [2.45, 2.75) is 56.3 Å². The first-order valence-corrected chi connectivity index (χ1v) is 11.2. The molecular formula is C22H31N7O9. The number of carboxylic acid groups (broad SMARTS) is 1. The molecule has 0 radical (unpaired) electrons. The lowest BCUT2D eigenvalue weighted by molar-refractivity contribution is -0.144. The van der Waals surface area contributed by atoms with Gasteiger partial charge in [0.25, 0.3) is 0 Å². The number of benzene rings is 1. The van der Waals surface area contributed by atoms with Crippen molar-refractivity contribution in [1.29, 1.82) is 0 Å². The van der Waals surface area contributed by atoms with Crippen LogP contribution in [0, 0.1) is 0 Å². The number of nitrogens with two attached hydrogens (primary N) is 4. The number of phenols is 1. The Hall–Kier alpha value is -4.73. The number of aromatic hydroxyl groups is 1. The topological polar surface area (TPSA) is 300 Å². The quantitative estimate of drug-likeness (QED) is 0.0979. The standard InChI is InChI=1S/C22H31N7O9/c23-12(5-6-16(24)31)19(34)27-13(7-10-1-3-11(30)4-2-10)20(35)28-14(8-17(25)32)21(36)29-15(22(37)38)9-18(26)33/h1-4,12-15,30H,5-9,23H2,(H2,24,31)(H2,25,32)(H2,26,33)(H,27,34)(H,28,35)(H,29,36)(H,37,38). The molecule has 0 spiro atoms. The maximum Gasteiger partial charge on any atom is 0.326 e. The fraction of sp³-hybridized carbons (Fsp3) is 0.409. The molecule has 0 saturated heterocycles. The highest BCUT2D eigenvalue weighted by Crippen LogP contribution is 2.12. The second kappa shape index (κ2) is 14.7. The lowest BCUT2D eigenvalue weighted by Gasteiger charge is -2.24. The van der Waals surface area contributed by atoms with E-state index in [1.165, 1.54) is 24.3 Å². The van der Waals surface area contributed by atoms with Crippen molar-refractivity contribution in [2.24, 2.45) is 22.9 Å². The second-order valence-corrected chi connectivity index (χ2v) is 8.34. The highest BCUT2D eigenvalue weighted by Gasteiger charge is 2.32. The Bertz CT molecular complexity index is 1060. The number of carbonyl (C=O) groups is 7. The zero-order valence-electron chi connectivity index (χ0n) is 20.2. The van der Waals surface area contributed by atoms with Crippen molar-refractivity contribution in [3.05, 3.63) is 29.8 Å². The van der Waals surface area contributed by atoms with E-state index in [4.69, 9.17) is 22.9 Å². The maximum absolute atomic E-state index is 13.1. The van der Waals surface area contributed by atoms with E-state index in [1.54, 1.807) is 0 Å². The summed E-state index contributed by atoms with van der Waals surface area (Å²) in [5, 5.41) is 25.3. The summed E-state index contributed by atoms with van der Waals surface area (Å²) in [5.74, 6) is -7.36. The Kier molecular flexibility index (Phi) is 12.1. The zero-order chi connectivity index (χ0) is 29.0. The van der Waals surface area contributed by atoms with Crippen molar-refractivity contribution in [3.63, 3.8) is 0 Å². The molecule has 1 aromatic carbocycles. The minimum absolute atomic E-state index is 0.0607. The van der Waals surface area contributed by atoms with Crippen molar-refractivity contribution < 1.29 is 43.8 Å².